The molecule has 8 atom stereocenters. The molecule has 3 saturated heterocycles. The van der Waals surface area contributed by atoms with Gasteiger partial charge in [-0.3, -0.25) is 9.59 Å². The van der Waals surface area contributed by atoms with Crippen molar-refractivity contribution < 1.29 is 33.6 Å². The fraction of sp³-hybridized carbons (Fsp3) is 0.724. The number of carbonyl (C=O) groups excluding carboxylic acids is 2. The number of aliphatic hydroxyl groups is 1. The summed E-state index contributed by atoms with van der Waals surface area (Å²) >= 11 is 0. The van der Waals surface area contributed by atoms with Gasteiger partial charge < -0.3 is 24.1 Å². The molecule has 0 bridgehead atoms. The van der Waals surface area contributed by atoms with Gasteiger partial charge in [0.25, 0.3) is 0 Å². The molecule has 3 heterocycles. The maximum absolute atomic E-state index is 12.4. The lowest BCUT2D eigenvalue weighted by molar-refractivity contribution is -0.171. The predicted octanol–water partition coefficient (Wildman–Crippen LogP) is 4.47. The Kier molecular flexibility index (Phi) is 9.36. The Balaban J connectivity index is 1.49. The molecule has 7 heteroatoms. The molecule has 0 unspecified atom stereocenters. The lowest BCUT2D eigenvalue weighted by Crippen LogP contribution is -2.53. The molecule has 0 radical (unpaired) electrons. The van der Waals surface area contributed by atoms with Crippen LogP contribution in [0.5, 0.6) is 0 Å². The van der Waals surface area contributed by atoms with Crippen molar-refractivity contribution in [2.45, 2.75) is 116 Å². The Hall–Kier alpha value is -1.80. The zero-order valence-electron chi connectivity index (χ0n) is 22.9. The number of carbonyl (C=O) groups is 2. The highest BCUT2D eigenvalue weighted by Gasteiger charge is 2.60. The quantitative estimate of drug-likeness (QED) is 0.214. The molecule has 3 fully saturated rings. The average molecular weight is 505 g/mol. The van der Waals surface area contributed by atoms with Crippen molar-refractivity contribution in [1.29, 1.82) is 0 Å². The number of epoxide rings is 1. The van der Waals surface area contributed by atoms with Gasteiger partial charge in [-0.1, -0.05) is 30.7 Å². The number of hydrogen-bond acceptors (Lipinski definition) is 7. The fourth-order valence-corrected chi connectivity index (χ4v) is 5.48. The summed E-state index contributed by atoms with van der Waals surface area (Å²) in [5.74, 6) is 0.146. The van der Waals surface area contributed by atoms with Crippen LogP contribution in [0.4, 0.5) is 0 Å². The largest absolute Gasteiger partial charge is 0.459 e. The standard InChI is InChI=1S/C29H44O7/c1-18(9-13-26-27(32)29(17-33-29)16-28(6,7)36-26)8-12-25-19(2)14-23(21(4)35-25)15-24(31)11-10-20(3)34-22(5)30/h8-11,13,19-21,23,25-27,32H,12,14-17H2,1-7H3/b11-10-,13-9+,18-8+/t19-,20-,21+,23+,25-,26+,27-,29-/m0/s1. The molecule has 3 aliphatic rings. The van der Waals surface area contributed by atoms with Crippen LogP contribution in [0, 0.1) is 11.8 Å². The van der Waals surface area contributed by atoms with Gasteiger partial charge in [-0.25, -0.2) is 0 Å². The third kappa shape index (κ3) is 7.85. The third-order valence-electron chi connectivity index (χ3n) is 7.50. The Morgan fingerprint density at radius 3 is 2.53 bits per heavy atom. The van der Waals surface area contributed by atoms with Crippen molar-refractivity contribution in [3.63, 3.8) is 0 Å². The number of ketones is 1. The van der Waals surface area contributed by atoms with Crippen molar-refractivity contribution in [2.75, 3.05) is 6.61 Å². The molecule has 0 aromatic heterocycles. The summed E-state index contributed by atoms with van der Waals surface area (Å²) in [7, 11) is 0. The summed E-state index contributed by atoms with van der Waals surface area (Å²) in [4.78, 5) is 23.4. The molecule has 3 rings (SSSR count). The van der Waals surface area contributed by atoms with Gasteiger partial charge in [0, 0.05) is 19.8 Å². The van der Waals surface area contributed by atoms with E-state index in [0.29, 0.717) is 25.4 Å². The maximum Gasteiger partial charge on any atom is 0.303 e. The van der Waals surface area contributed by atoms with E-state index in [1.54, 1.807) is 13.0 Å². The van der Waals surface area contributed by atoms with E-state index in [1.807, 2.05) is 39.8 Å². The van der Waals surface area contributed by atoms with Crippen molar-refractivity contribution in [1.82, 2.24) is 0 Å². The van der Waals surface area contributed by atoms with Gasteiger partial charge in [-0.2, -0.15) is 0 Å². The first-order valence-corrected chi connectivity index (χ1v) is 13.2. The number of hydrogen-bond donors (Lipinski definition) is 1. The Bertz CT molecular complexity index is 882. The van der Waals surface area contributed by atoms with Crippen LogP contribution in [-0.2, 0) is 28.5 Å². The van der Waals surface area contributed by atoms with Gasteiger partial charge in [0.15, 0.2) is 5.78 Å². The monoisotopic (exact) mass is 504 g/mol. The Morgan fingerprint density at radius 1 is 1.19 bits per heavy atom. The van der Waals surface area contributed by atoms with E-state index in [2.05, 4.69) is 13.0 Å². The van der Waals surface area contributed by atoms with Crippen molar-refractivity contribution >= 4 is 11.8 Å². The van der Waals surface area contributed by atoms with Gasteiger partial charge in [0.05, 0.1) is 24.4 Å². The highest BCUT2D eigenvalue weighted by molar-refractivity contribution is 5.89. The van der Waals surface area contributed by atoms with Gasteiger partial charge >= 0.3 is 5.97 Å². The van der Waals surface area contributed by atoms with Crippen LogP contribution in [0.2, 0.25) is 0 Å². The summed E-state index contributed by atoms with van der Waals surface area (Å²) in [5, 5.41) is 10.7. The van der Waals surface area contributed by atoms with Crippen LogP contribution >= 0.6 is 0 Å². The first-order valence-electron chi connectivity index (χ1n) is 13.2. The Morgan fingerprint density at radius 2 is 1.89 bits per heavy atom. The molecule has 0 aromatic carbocycles. The van der Waals surface area contributed by atoms with Gasteiger partial charge in [0.2, 0.25) is 0 Å². The third-order valence-corrected chi connectivity index (χ3v) is 7.50. The van der Waals surface area contributed by atoms with Crippen LogP contribution in [0.3, 0.4) is 0 Å². The minimum Gasteiger partial charge on any atom is -0.459 e. The number of aliphatic hydroxyl groups excluding tert-OH is 1. The van der Waals surface area contributed by atoms with E-state index in [9.17, 15) is 14.7 Å². The molecular weight excluding hydrogens is 460 g/mol. The van der Waals surface area contributed by atoms with Crippen LogP contribution in [0.25, 0.3) is 0 Å². The lowest BCUT2D eigenvalue weighted by atomic mass is 9.81. The van der Waals surface area contributed by atoms with Crippen molar-refractivity contribution in [3.05, 3.63) is 36.0 Å². The van der Waals surface area contributed by atoms with E-state index < -0.39 is 23.9 Å². The molecule has 36 heavy (non-hydrogen) atoms. The highest BCUT2D eigenvalue weighted by Crippen LogP contribution is 2.46. The van der Waals surface area contributed by atoms with Gasteiger partial charge in [-0.05, 0) is 71.4 Å². The molecule has 0 saturated carbocycles. The molecule has 1 spiro atoms. The number of allylic oxidation sites excluding steroid dienone is 3. The summed E-state index contributed by atoms with van der Waals surface area (Å²) in [6.07, 6.45) is 10.7. The normalized spacial score (nSPS) is 37.4. The zero-order chi connectivity index (χ0) is 26.7. The average Bonchev–Trinajstić information content (AvgIpc) is 3.54. The van der Waals surface area contributed by atoms with E-state index >= 15 is 0 Å². The zero-order valence-corrected chi connectivity index (χ0v) is 22.9. The SMILES string of the molecule is CC(=O)O[C@@H](C)/C=C\C(=O)C[C@H]1C[C@H](C)[C@H](C/C=C(C)/C=C/[C@H]2OC(C)(C)C[C@]3(CO3)[C@H]2O)O[C@@H]1C. The predicted molar refractivity (Wildman–Crippen MR) is 137 cm³/mol. The van der Waals surface area contributed by atoms with Gasteiger partial charge in [-0.15, -0.1) is 0 Å². The molecule has 202 valence electrons. The second kappa shape index (κ2) is 11.7. The minimum absolute atomic E-state index is 0.0126. The van der Waals surface area contributed by atoms with Crippen LogP contribution < -0.4 is 0 Å². The number of esters is 1. The molecule has 7 nitrogen and oxygen atoms in total. The van der Waals surface area contributed by atoms with Gasteiger partial charge in [0.1, 0.15) is 23.9 Å². The molecular formula is C29H44O7. The number of ether oxygens (including phenoxy) is 4. The molecule has 0 aliphatic carbocycles. The minimum atomic E-state index is -0.656. The van der Waals surface area contributed by atoms with E-state index in [0.717, 1.165) is 18.4 Å². The molecule has 3 aliphatic heterocycles. The van der Waals surface area contributed by atoms with Crippen LogP contribution in [-0.4, -0.2) is 65.2 Å². The molecule has 0 amide bonds. The topological polar surface area (TPSA) is 94.6 Å². The smallest absolute Gasteiger partial charge is 0.303 e. The molecule has 0 aromatic rings. The van der Waals surface area contributed by atoms with E-state index in [1.165, 1.54) is 13.0 Å². The maximum atomic E-state index is 12.4. The first kappa shape index (κ1) is 28.8. The van der Waals surface area contributed by atoms with Crippen LogP contribution in [0.15, 0.2) is 36.0 Å². The van der Waals surface area contributed by atoms with Crippen molar-refractivity contribution in [2.24, 2.45) is 11.8 Å². The highest BCUT2D eigenvalue weighted by atomic mass is 16.6. The van der Waals surface area contributed by atoms with E-state index in [-0.39, 0.29) is 35.5 Å². The Labute approximate surface area is 215 Å². The fourth-order valence-electron chi connectivity index (χ4n) is 5.48. The second-order valence-corrected chi connectivity index (χ2v) is 11.6. The van der Waals surface area contributed by atoms with Crippen molar-refractivity contribution in [3.8, 4) is 0 Å². The summed E-state index contributed by atoms with van der Waals surface area (Å²) < 4.78 is 23.1. The molecule has 1 N–H and O–H groups in total. The van der Waals surface area contributed by atoms with E-state index in [4.69, 9.17) is 18.9 Å². The summed E-state index contributed by atoms with van der Waals surface area (Å²) in [6.45, 7) is 14.0. The summed E-state index contributed by atoms with van der Waals surface area (Å²) in [6, 6.07) is 0. The lowest BCUT2D eigenvalue weighted by Gasteiger charge is -2.41. The van der Waals surface area contributed by atoms with Crippen LogP contribution in [0.1, 0.15) is 74.1 Å². The summed E-state index contributed by atoms with van der Waals surface area (Å²) in [5.41, 5.74) is 0.301. The first-order chi connectivity index (χ1) is 16.8. The second-order valence-electron chi connectivity index (χ2n) is 11.6. The number of rotatable bonds is 9.